The van der Waals surface area contributed by atoms with Crippen LogP contribution in [0.25, 0.3) is 21.8 Å². The van der Waals surface area contributed by atoms with E-state index in [4.69, 9.17) is 0 Å². The minimum atomic E-state index is -0.248. The Hall–Kier alpha value is -3.26. The van der Waals surface area contributed by atoms with Crippen LogP contribution < -0.4 is 10.9 Å². The molecule has 4 aromatic rings. The molecule has 3 N–H and O–H groups in total. The molecule has 0 amide bonds. The molecule has 0 bridgehead atoms. The van der Waals surface area contributed by atoms with Crippen LogP contribution >= 0.6 is 0 Å². The second kappa shape index (κ2) is 8.11. The minimum Gasteiger partial charge on any atom is -0.354 e. The SMILES string of the molecule is Cc1ccc2nc(NCCN3CCC(c4n[nH]c5cc(F)ccc45)CC3)[nH]c(=O)c2c1. The molecule has 7 nitrogen and oxygen atoms in total. The van der Waals surface area contributed by atoms with Crippen LogP contribution in [0.5, 0.6) is 0 Å². The lowest BCUT2D eigenvalue weighted by atomic mass is 9.91. The van der Waals surface area contributed by atoms with Gasteiger partial charge in [-0.3, -0.25) is 14.9 Å². The molecule has 0 aliphatic carbocycles. The molecule has 0 saturated carbocycles. The molecule has 8 heteroatoms. The zero-order valence-corrected chi connectivity index (χ0v) is 17.4. The fraction of sp³-hybridized carbons (Fsp3) is 0.348. The highest BCUT2D eigenvalue weighted by Crippen LogP contribution is 2.31. The Bertz CT molecular complexity index is 1290. The molecule has 0 spiro atoms. The van der Waals surface area contributed by atoms with E-state index in [-0.39, 0.29) is 11.4 Å². The predicted molar refractivity (Wildman–Crippen MR) is 120 cm³/mol. The highest BCUT2D eigenvalue weighted by Gasteiger charge is 2.24. The maximum atomic E-state index is 13.4. The Morgan fingerprint density at radius 3 is 2.84 bits per heavy atom. The van der Waals surface area contributed by atoms with E-state index in [9.17, 15) is 9.18 Å². The smallest absolute Gasteiger partial charge is 0.260 e. The summed E-state index contributed by atoms with van der Waals surface area (Å²) < 4.78 is 13.4. The Morgan fingerprint density at radius 1 is 1.16 bits per heavy atom. The van der Waals surface area contributed by atoms with Crippen LogP contribution in [0.1, 0.15) is 30.0 Å². The van der Waals surface area contributed by atoms with Gasteiger partial charge < -0.3 is 10.2 Å². The van der Waals surface area contributed by atoms with E-state index in [1.807, 2.05) is 31.2 Å². The van der Waals surface area contributed by atoms with Gasteiger partial charge in [-0.2, -0.15) is 5.10 Å². The number of nitrogens with zero attached hydrogens (tertiary/aromatic N) is 3. The molecular formula is C23H25FN6O. The normalized spacial score (nSPS) is 15.7. The molecule has 2 aromatic carbocycles. The first-order chi connectivity index (χ1) is 15.1. The van der Waals surface area contributed by atoms with Gasteiger partial charge in [-0.15, -0.1) is 0 Å². The quantitative estimate of drug-likeness (QED) is 0.460. The number of fused-ring (bicyclic) bond motifs is 2. The number of piperidine rings is 1. The lowest BCUT2D eigenvalue weighted by molar-refractivity contribution is 0.218. The third kappa shape index (κ3) is 4.03. The van der Waals surface area contributed by atoms with Crippen LogP contribution in [0.15, 0.2) is 41.2 Å². The molecule has 1 aliphatic rings. The summed E-state index contributed by atoms with van der Waals surface area (Å²) in [5, 5.41) is 12.3. The first-order valence-corrected chi connectivity index (χ1v) is 10.7. The molecule has 5 rings (SSSR count). The lowest BCUT2D eigenvalue weighted by Gasteiger charge is -2.31. The monoisotopic (exact) mass is 420 g/mol. The molecule has 0 radical (unpaired) electrons. The van der Waals surface area contributed by atoms with Crippen molar-refractivity contribution in [2.45, 2.75) is 25.7 Å². The van der Waals surface area contributed by atoms with E-state index in [0.717, 1.165) is 54.6 Å². The van der Waals surface area contributed by atoms with Gasteiger partial charge in [-0.05, 0) is 63.2 Å². The fourth-order valence-electron chi connectivity index (χ4n) is 4.42. The second-order valence-electron chi connectivity index (χ2n) is 8.28. The number of rotatable bonds is 5. The number of anilines is 1. The molecule has 1 saturated heterocycles. The number of hydrogen-bond acceptors (Lipinski definition) is 5. The molecule has 31 heavy (non-hydrogen) atoms. The number of nitrogens with one attached hydrogen (secondary N) is 3. The zero-order valence-electron chi connectivity index (χ0n) is 17.4. The van der Waals surface area contributed by atoms with Crippen LogP contribution in [0.2, 0.25) is 0 Å². The van der Waals surface area contributed by atoms with Crippen molar-refractivity contribution in [3.8, 4) is 0 Å². The Labute approximate surface area is 178 Å². The second-order valence-corrected chi connectivity index (χ2v) is 8.28. The maximum Gasteiger partial charge on any atom is 0.260 e. The zero-order chi connectivity index (χ0) is 21.4. The van der Waals surface area contributed by atoms with Gasteiger partial charge in [-0.25, -0.2) is 9.37 Å². The van der Waals surface area contributed by atoms with Crippen molar-refractivity contribution in [2.24, 2.45) is 0 Å². The first-order valence-electron chi connectivity index (χ1n) is 10.7. The van der Waals surface area contributed by atoms with Crippen LogP contribution in [-0.2, 0) is 0 Å². The van der Waals surface area contributed by atoms with Crippen molar-refractivity contribution >= 4 is 27.8 Å². The summed E-state index contributed by atoms with van der Waals surface area (Å²) in [5.41, 5.74) is 3.42. The molecular weight excluding hydrogens is 395 g/mol. The van der Waals surface area contributed by atoms with Crippen LogP contribution in [-0.4, -0.2) is 51.2 Å². The maximum absolute atomic E-state index is 13.4. The molecule has 160 valence electrons. The largest absolute Gasteiger partial charge is 0.354 e. The third-order valence-electron chi connectivity index (χ3n) is 6.11. The summed E-state index contributed by atoms with van der Waals surface area (Å²) in [7, 11) is 0. The Kier molecular flexibility index (Phi) is 5.15. The van der Waals surface area contributed by atoms with E-state index in [2.05, 4.69) is 30.4 Å². The number of aryl methyl sites for hydroxylation is 1. The highest BCUT2D eigenvalue weighted by molar-refractivity contribution is 5.82. The first kappa shape index (κ1) is 19.7. The molecule has 0 unspecified atom stereocenters. The van der Waals surface area contributed by atoms with Crippen molar-refractivity contribution in [1.82, 2.24) is 25.1 Å². The number of aromatic amines is 2. The van der Waals surface area contributed by atoms with Crippen LogP contribution in [0, 0.1) is 12.7 Å². The van der Waals surface area contributed by atoms with Crippen LogP contribution in [0.3, 0.4) is 0 Å². The average Bonchev–Trinajstić information content (AvgIpc) is 3.18. The molecule has 0 atom stereocenters. The van der Waals surface area contributed by atoms with Gasteiger partial charge in [-0.1, -0.05) is 11.6 Å². The van der Waals surface area contributed by atoms with Gasteiger partial charge in [0.2, 0.25) is 5.95 Å². The van der Waals surface area contributed by atoms with E-state index < -0.39 is 0 Å². The standard InChI is InChI=1S/C23H25FN6O/c1-14-2-5-19-18(12-14)22(31)27-23(26-19)25-8-11-30-9-6-15(7-10-30)21-17-4-3-16(24)13-20(17)28-29-21/h2-5,12-13,15H,6-11H2,1H3,(H,28,29)(H2,25,26,27,31). The van der Waals surface area contributed by atoms with Gasteiger partial charge >= 0.3 is 0 Å². The number of likely N-dealkylation sites (tertiary alicyclic amines) is 1. The predicted octanol–water partition coefficient (Wildman–Crippen LogP) is 3.54. The number of hydrogen-bond donors (Lipinski definition) is 3. The van der Waals surface area contributed by atoms with E-state index in [0.29, 0.717) is 29.3 Å². The summed E-state index contributed by atoms with van der Waals surface area (Å²) in [4.78, 5) is 22.0. The van der Waals surface area contributed by atoms with Gasteiger partial charge in [0.15, 0.2) is 0 Å². The summed E-state index contributed by atoms with van der Waals surface area (Å²) in [6.45, 7) is 5.48. The topological polar surface area (TPSA) is 89.7 Å². The Morgan fingerprint density at radius 2 is 2.00 bits per heavy atom. The highest BCUT2D eigenvalue weighted by atomic mass is 19.1. The van der Waals surface area contributed by atoms with Crippen molar-refractivity contribution in [3.63, 3.8) is 0 Å². The van der Waals surface area contributed by atoms with Crippen molar-refractivity contribution in [3.05, 3.63) is 63.8 Å². The van der Waals surface area contributed by atoms with Crippen molar-refractivity contribution in [2.75, 3.05) is 31.5 Å². The number of benzene rings is 2. The molecule has 1 aliphatic heterocycles. The van der Waals surface area contributed by atoms with E-state index >= 15 is 0 Å². The van der Waals surface area contributed by atoms with Crippen molar-refractivity contribution < 1.29 is 4.39 Å². The molecule has 1 fully saturated rings. The Balaban J connectivity index is 1.16. The van der Waals surface area contributed by atoms with Crippen LogP contribution in [0.4, 0.5) is 10.3 Å². The van der Waals surface area contributed by atoms with Gasteiger partial charge in [0, 0.05) is 24.4 Å². The van der Waals surface area contributed by atoms with E-state index in [1.54, 1.807) is 0 Å². The molecule has 3 heterocycles. The fourth-order valence-corrected chi connectivity index (χ4v) is 4.42. The lowest BCUT2D eigenvalue weighted by Crippen LogP contribution is -2.36. The summed E-state index contributed by atoms with van der Waals surface area (Å²) in [6.07, 6.45) is 2.03. The number of aromatic nitrogens is 4. The minimum absolute atomic E-state index is 0.122. The number of H-pyrrole nitrogens is 2. The summed E-state index contributed by atoms with van der Waals surface area (Å²) in [6, 6.07) is 10.5. The van der Waals surface area contributed by atoms with E-state index in [1.165, 1.54) is 12.1 Å². The average molecular weight is 420 g/mol. The van der Waals surface area contributed by atoms with Gasteiger partial charge in [0.25, 0.3) is 5.56 Å². The summed E-state index contributed by atoms with van der Waals surface area (Å²) >= 11 is 0. The van der Waals surface area contributed by atoms with Gasteiger partial charge in [0.1, 0.15) is 5.82 Å². The number of halogens is 1. The van der Waals surface area contributed by atoms with Gasteiger partial charge in [0.05, 0.1) is 22.1 Å². The summed E-state index contributed by atoms with van der Waals surface area (Å²) in [5.74, 6) is 0.638. The third-order valence-corrected chi connectivity index (χ3v) is 6.11. The van der Waals surface area contributed by atoms with Crippen molar-refractivity contribution in [1.29, 1.82) is 0 Å². The molecule has 2 aromatic heterocycles.